The van der Waals surface area contributed by atoms with Crippen LogP contribution in [0, 0.1) is 12.7 Å². The predicted octanol–water partition coefficient (Wildman–Crippen LogP) is 3.36. The smallest absolute Gasteiger partial charge is 0.227 e. The molecule has 0 spiro atoms. The summed E-state index contributed by atoms with van der Waals surface area (Å²) in [7, 11) is 0. The van der Waals surface area contributed by atoms with Gasteiger partial charge < -0.3 is 19.7 Å². The second-order valence-electron chi connectivity index (χ2n) is 7.37. The molecule has 2 aromatic carbocycles. The molecule has 0 saturated heterocycles. The zero-order chi connectivity index (χ0) is 22.5. The molecule has 0 aliphatic rings. The third kappa shape index (κ3) is 5.18. The molecule has 0 aliphatic carbocycles. The van der Waals surface area contributed by atoms with Crippen LogP contribution in [0.15, 0.2) is 59.1 Å². The van der Waals surface area contributed by atoms with E-state index in [1.54, 1.807) is 25.1 Å². The minimum atomic E-state index is -0.323. The SMILES string of the molecule is Cc1cc(NC(=O)CCn2c(CC(=O)NCc3ccc(F)cc3)nc3ccccc32)no1. The minimum Gasteiger partial charge on any atom is -0.360 e. The average molecular weight is 435 g/mol. The van der Waals surface area contributed by atoms with Crippen LogP contribution in [0.1, 0.15) is 23.6 Å². The Hall–Kier alpha value is -4.01. The number of aromatic nitrogens is 3. The number of amides is 2. The first kappa shape index (κ1) is 21.2. The van der Waals surface area contributed by atoms with Crippen molar-refractivity contribution in [3.63, 3.8) is 0 Å². The Bertz CT molecular complexity index is 1250. The number of halogens is 1. The maximum Gasteiger partial charge on any atom is 0.227 e. The fourth-order valence-electron chi connectivity index (χ4n) is 3.36. The molecule has 0 bridgehead atoms. The summed E-state index contributed by atoms with van der Waals surface area (Å²) >= 11 is 0. The summed E-state index contributed by atoms with van der Waals surface area (Å²) < 4.78 is 19.9. The number of imidazole rings is 1. The lowest BCUT2D eigenvalue weighted by Gasteiger charge is -2.10. The molecule has 0 unspecified atom stereocenters. The monoisotopic (exact) mass is 435 g/mol. The molecule has 4 rings (SSSR count). The van der Waals surface area contributed by atoms with Crippen molar-refractivity contribution in [1.29, 1.82) is 0 Å². The molecule has 4 aromatic rings. The largest absolute Gasteiger partial charge is 0.360 e. The normalized spacial score (nSPS) is 10.9. The molecule has 2 amide bonds. The van der Waals surface area contributed by atoms with Gasteiger partial charge in [0.15, 0.2) is 5.82 Å². The first-order valence-corrected chi connectivity index (χ1v) is 10.2. The number of para-hydroxylation sites is 2. The Labute approximate surface area is 183 Å². The molecule has 32 heavy (non-hydrogen) atoms. The molecule has 0 saturated carbocycles. The summed E-state index contributed by atoms with van der Waals surface area (Å²) in [6.45, 7) is 2.39. The molecular formula is C23H22FN5O3. The van der Waals surface area contributed by atoms with E-state index in [2.05, 4.69) is 20.8 Å². The van der Waals surface area contributed by atoms with Gasteiger partial charge in [-0.05, 0) is 36.8 Å². The number of fused-ring (bicyclic) bond motifs is 1. The highest BCUT2D eigenvalue weighted by Gasteiger charge is 2.15. The maximum absolute atomic E-state index is 13.0. The van der Waals surface area contributed by atoms with Crippen LogP contribution in [0.25, 0.3) is 11.0 Å². The minimum absolute atomic E-state index is 0.0555. The number of rotatable bonds is 8. The highest BCUT2D eigenvalue weighted by molar-refractivity contribution is 5.89. The van der Waals surface area contributed by atoms with Crippen LogP contribution in [0.3, 0.4) is 0 Å². The van der Waals surface area contributed by atoms with Gasteiger partial charge in [0.25, 0.3) is 0 Å². The third-order valence-corrected chi connectivity index (χ3v) is 4.91. The van der Waals surface area contributed by atoms with Gasteiger partial charge in [-0.25, -0.2) is 9.37 Å². The van der Waals surface area contributed by atoms with E-state index in [1.165, 1.54) is 12.1 Å². The second kappa shape index (κ2) is 9.42. The lowest BCUT2D eigenvalue weighted by Crippen LogP contribution is -2.26. The second-order valence-corrected chi connectivity index (χ2v) is 7.37. The van der Waals surface area contributed by atoms with Crippen molar-refractivity contribution < 1.29 is 18.5 Å². The molecule has 0 fully saturated rings. The van der Waals surface area contributed by atoms with Crippen molar-refractivity contribution >= 4 is 28.7 Å². The van der Waals surface area contributed by atoms with Gasteiger partial charge in [-0.1, -0.05) is 29.4 Å². The fraction of sp³-hybridized carbons (Fsp3) is 0.217. The summed E-state index contributed by atoms with van der Waals surface area (Å²) in [4.78, 5) is 29.4. The van der Waals surface area contributed by atoms with Crippen molar-refractivity contribution in [3.05, 3.63) is 77.6 Å². The van der Waals surface area contributed by atoms with E-state index >= 15 is 0 Å². The summed E-state index contributed by atoms with van der Waals surface area (Å²) in [6.07, 6.45) is 0.233. The number of anilines is 1. The fourth-order valence-corrected chi connectivity index (χ4v) is 3.36. The molecule has 2 aromatic heterocycles. The highest BCUT2D eigenvalue weighted by atomic mass is 19.1. The van der Waals surface area contributed by atoms with Gasteiger partial charge in [0, 0.05) is 25.6 Å². The van der Waals surface area contributed by atoms with E-state index in [9.17, 15) is 14.0 Å². The van der Waals surface area contributed by atoms with Gasteiger partial charge in [-0.2, -0.15) is 0 Å². The number of nitrogens with zero attached hydrogens (tertiary/aromatic N) is 3. The lowest BCUT2D eigenvalue weighted by molar-refractivity contribution is -0.120. The molecule has 9 heteroatoms. The van der Waals surface area contributed by atoms with Crippen molar-refractivity contribution in [3.8, 4) is 0 Å². The van der Waals surface area contributed by atoms with Crippen LogP contribution >= 0.6 is 0 Å². The van der Waals surface area contributed by atoms with Crippen molar-refractivity contribution in [2.75, 3.05) is 5.32 Å². The summed E-state index contributed by atoms with van der Waals surface area (Å²) in [5, 5.41) is 9.28. The van der Waals surface area contributed by atoms with E-state index < -0.39 is 0 Å². The van der Waals surface area contributed by atoms with E-state index in [0.29, 0.717) is 30.5 Å². The Morgan fingerprint density at radius 2 is 1.88 bits per heavy atom. The van der Waals surface area contributed by atoms with Gasteiger partial charge in [-0.15, -0.1) is 0 Å². The molecule has 0 atom stereocenters. The number of nitrogens with one attached hydrogen (secondary N) is 2. The van der Waals surface area contributed by atoms with Crippen LogP contribution in [0.2, 0.25) is 0 Å². The zero-order valence-corrected chi connectivity index (χ0v) is 17.5. The summed E-state index contributed by atoms with van der Waals surface area (Å²) in [6, 6.07) is 15.1. The number of hydrogen-bond donors (Lipinski definition) is 2. The Morgan fingerprint density at radius 1 is 1.09 bits per heavy atom. The zero-order valence-electron chi connectivity index (χ0n) is 17.5. The molecular weight excluding hydrogens is 413 g/mol. The topological polar surface area (TPSA) is 102 Å². The number of aryl methyl sites for hydroxylation is 2. The van der Waals surface area contributed by atoms with Gasteiger partial charge >= 0.3 is 0 Å². The molecule has 2 N–H and O–H groups in total. The van der Waals surface area contributed by atoms with E-state index in [1.807, 2.05) is 28.8 Å². The van der Waals surface area contributed by atoms with Gasteiger partial charge in [0.2, 0.25) is 11.8 Å². The van der Waals surface area contributed by atoms with Crippen LogP contribution in [0.5, 0.6) is 0 Å². The third-order valence-electron chi connectivity index (χ3n) is 4.91. The number of hydrogen-bond acceptors (Lipinski definition) is 5. The van der Waals surface area contributed by atoms with Crippen molar-refractivity contribution in [2.45, 2.75) is 32.9 Å². The number of benzene rings is 2. The lowest BCUT2D eigenvalue weighted by atomic mass is 10.2. The van der Waals surface area contributed by atoms with E-state index in [4.69, 9.17) is 4.52 Å². The number of carbonyl (C=O) groups is 2. The average Bonchev–Trinajstić information content (AvgIpc) is 3.34. The maximum atomic E-state index is 13.0. The summed E-state index contributed by atoms with van der Waals surface area (Å²) in [5.74, 6) is 0.777. The van der Waals surface area contributed by atoms with Crippen LogP contribution < -0.4 is 10.6 Å². The van der Waals surface area contributed by atoms with Gasteiger partial charge in [-0.3, -0.25) is 9.59 Å². The van der Waals surface area contributed by atoms with Gasteiger partial charge in [0.05, 0.1) is 17.5 Å². The van der Waals surface area contributed by atoms with Crippen LogP contribution in [-0.2, 0) is 29.1 Å². The Morgan fingerprint density at radius 3 is 2.62 bits per heavy atom. The Kier molecular flexibility index (Phi) is 6.25. The van der Waals surface area contributed by atoms with Crippen molar-refractivity contribution in [1.82, 2.24) is 20.0 Å². The first-order valence-electron chi connectivity index (χ1n) is 10.2. The predicted molar refractivity (Wildman–Crippen MR) is 116 cm³/mol. The Balaban J connectivity index is 1.42. The van der Waals surface area contributed by atoms with E-state index in [-0.39, 0.29) is 30.5 Å². The molecule has 8 nitrogen and oxygen atoms in total. The summed E-state index contributed by atoms with van der Waals surface area (Å²) in [5.41, 5.74) is 2.40. The highest BCUT2D eigenvalue weighted by Crippen LogP contribution is 2.18. The van der Waals surface area contributed by atoms with Gasteiger partial charge in [0.1, 0.15) is 17.4 Å². The quantitative estimate of drug-likeness (QED) is 0.442. The van der Waals surface area contributed by atoms with Crippen LogP contribution in [-0.4, -0.2) is 26.5 Å². The standard InChI is InChI=1S/C23H22FN5O3/c1-15-12-20(28-32-15)27-22(30)10-11-29-19-5-3-2-4-18(19)26-21(29)13-23(31)25-14-16-6-8-17(24)9-7-16/h2-9,12H,10-11,13-14H2,1H3,(H,25,31)(H,27,28,30). The molecule has 0 aliphatic heterocycles. The van der Waals surface area contributed by atoms with Crippen LogP contribution in [0.4, 0.5) is 10.2 Å². The van der Waals surface area contributed by atoms with Crippen molar-refractivity contribution in [2.24, 2.45) is 0 Å². The molecule has 2 heterocycles. The molecule has 0 radical (unpaired) electrons. The first-order chi connectivity index (χ1) is 15.5. The molecule has 164 valence electrons. The van der Waals surface area contributed by atoms with E-state index in [0.717, 1.165) is 16.6 Å². The number of carbonyl (C=O) groups excluding carboxylic acids is 2.